The molecule has 1 atom stereocenters. The summed E-state index contributed by atoms with van der Waals surface area (Å²) in [5.74, 6) is 0.393. The van der Waals surface area contributed by atoms with Gasteiger partial charge in [-0.1, -0.05) is 43.2 Å². The zero-order valence-electron chi connectivity index (χ0n) is 19.1. The highest BCUT2D eigenvalue weighted by molar-refractivity contribution is 7.22. The van der Waals surface area contributed by atoms with E-state index in [0.717, 1.165) is 44.4 Å². The molecule has 1 heterocycles. The monoisotopic (exact) mass is 452 g/mol. The van der Waals surface area contributed by atoms with Crippen molar-refractivity contribution >= 4 is 32.7 Å². The van der Waals surface area contributed by atoms with Crippen molar-refractivity contribution < 1.29 is 14.6 Å². The van der Waals surface area contributed by atoms with Gasteiger partial charge >= 0.3 is 5.97 Å². The molecule has 1 aliphatic carbocycles. The quantitative estimate of drug-likeness (QED) is 0.416. The Labute approximate surface area is 194 Å². The summed E-state index contributed by atoms with van der Waals surface area (Å²) in [5.41, 5.74) is 4.13. The standard InChI is InChI=1S/C26H32N2O3S/c1-4-19(25(29)30)13-18-9-12-23(31-16-17-7-5-6-8-17)21(14-18)20-10-11-22-24(15-20)32-26(27-22)28(2)3/h9-12,14-15,17,19H,4-8,13,16H2,1-3H3,(H,29,30). The van der Waals surface area contributed by atoms with E-state index in [2.05, 4.69) is 24.3 Å². The molecule has 1 aromatic heterocycles. The smallest absolute Gasteiger partial charge is 0.306 e. The Kier molecular flexibility index (Phi) is 6.99. The molecule has 0 bridgehead atoms. The van der Waals surface area contributed by atoms with Crippen molar-refractivity contribution in [1.29, 1.82) is 0 Å². The summed E-state index contributed by atoms with van der Waals surface area (Å²) in [6.07, 6.45) is 6.21. The molecule has 0 radical (unpaired) electrons. The van der Waals surface area contributed by atoms with Crippen molar-refractivity contribution in [3.63, 3.8) is 0 Å². The van der Waals surface area contributed by atoms with Gasteiger partial charge in [-0.2, -0.15) is 0 Å². The van der Waals surface area contributed by atoms with E-state index < -0.39 is 5.97 Å². The summed E-state index contributed by atoms with van der Waals surface area (Å²) >= 11 is 1.67. The lowest BCUT2D eigenvalue weighted by atomic mass is 9.94. The molecule has 2 aromatic carbocycles. The zero-order chi connectivity index (χ0) is 22.7. The second-order valence-electron chi connectivity index (χ2n) is 9.01. The van der Waals surface area contributed by atoms with Gasteiger partial charge in [0, 0.05) is 19.7 Å². The first-order chi connectivity index (χ1) is 15.4. The first-order valence-corrected chi connectivity index (χ1v) is 12.3. The number of nitrogens with zero attached hydrogens (tertiary/aromatic N) is 2. The molecule has 1 fully saturated rings. The lowest BCUT2D eigenvalue weighted by Crippen LogP contribution is -2.15. The third-order valence-electron chi connectivity index (χ3n) is 6.39. The number of aromatic nitrogens is 1. The van der Waals surface area contributed by atoms with Gasteiger partial charge in [0.25, 0.3) is 0 Å². The minimum atomic E-state index is -0.738. The predicted octanol–water partition coefficient (Wildman–Crippen LogP) is 6.25. The third-order valence-corrected chi connectivity index (χ3v) is 7.57. The fourth-order valence-electron chi connectivity index (χ4n) is 4.40. The van der Waals surface area contributed by atoms with Crippen LogP contribution in [0.2, 0.25) is 0 Å². The van der Waals surface area contributed by atoms with Crippen molar-refractivity contribution in [2.75, 3.05) is 25.6 Å². The van der Waals surface area contributed by atoms with Gasteiger partial charge in [-0.25, -0.2) is 4.98 Å². The van der Waals surface area contributed by atoms with Gasteiger partial charge in [-0.3, -0.25) is 4.79 Å². The van der Waals surface area contributed by atoms with Crippen molar-refractivity contribution in [2.24, 2.45) is 11.8 Å². The van der Waals surface area contributed by atoms with E-state index in [0.29, 0.717) is 18.8 Å². The van der Waals surface area contributed by atoms with Crippen molar-refractivity contribution in [1.82, 2.24) is 4.98 Å². The lowest BCUT2D eigenvalue weighted by Gasteiger charge is -2.17. The van der Waals surface area contributed by atoms with Crippen molar-refractivity contribution in [3.05, 3.63) is 42.0 Å². The number of anilines is 1. The number of benzene rings is 2. The highest BCUT2D eigenvalue weighted by atomic mass is 32.1. The highest BCUT2D eigenvalue weighted by Gasteiger charge is 2.19. The van der Waals surface area contributed by atoms with E-state index in [4.69, 9.17) is 9.72 Å². The van der Waals surface area contributed by atoms with E-state index >= 15 is 0 Å². The van der Waals surface area contributed by atoms with Crippen molar-refractivity contribution in [3.8, 4) is 16.9 Å². The maximum Gasteiger partial charge on any atom is 0.306 e. The zero-order valence-corrected chi connectivity index (χ0v) is 20.0. The first-order valence-electron chi connectivity index (χ1n) is 11.5. The molecule has 1 unspecified atom stereocenters. The molecule has 1 saturated carbocycles. The highest BCUT2D eigenvalue weighted by Crippen LogP contribution is 2.37. The van der Waals surface area contributed by atoms with Crippen molar-refractivity contribution in [2.45, 2.75) is 45.4 Å². The molecule has 0 saturated heterocycles. The third kappa shape index (κ3) is 5.07. The number of fused-ring (bicyclic) bond motifs is 1. The number of thiazole rings is 1. The second kappa shape index (κ2) is 9.90. The second-order valence-corrected chi connectivity index (χ2v) is 10.0. The normalized spacial score (nSPS) is 15.2. The number of carbonyl (C=O) groups is 1. The fourth-order valence-corrected chi connectivity index (χ4v) is 5.33. The van der Waals surface area contributed by atoms with Crippen LogP contribution >= 0.6 is 11.3 Å². The van der Waals surface area contributed by atoms with Crippen LogP contribution in [0, 0.1) is 11.8 Å². The summed E-state index contributed by atoms with van der Waals surface area (Å²) in [7, 11) is 4.01. The number of aliphatic carboxylic acids is 1. The van der Waals surface area contributed by atoms with Crippen LogP contribution < -0.4 is 9.64 Å². The Morgan fingerprint density at radius 3 is 2.69 bits per heavy atom. The van der Waals surface area contributed by atoms with E-state index in [-0.39, 0.29) is 5.92 Å². The van der Waals surface area contributed by atoms with E-state index in [1.807, 2.05) is 38.1 Å². The lowest BCUT2D eigenvalue weighted by molar-refractivity contribution is -0.141. The Bertz CT molecular complexity index is 1090. The molecule has 4 rings (SSSR count). The summed E-state index contributed by atoms with van der Waals surface area (Å²) in [6.45, 7) is 2.67. The number of ether oxygens (including phenoxy) is 1. The summed E-state index contributed by atoms with van der Waals surface area (Å²) < 4.78 is 7.46. The van der Waals surface area contributed by atoms with Crippen LogP contribution in [0.5, 0.6) is 5.75 Å². The molecule has 1 aliphatic rings. The largest absolute Gasteiger partial charge is 0.493 e. The summed E-state index contributed by atoms with van der Waals surface area (Å²) in [4.78, 5) is 18.3. The molecule has 5 nitrogen and oxygen atoms in total. The van der Waals surface area contributed by atoms with Crippen LogP contribution in [0.15, 0.2) is 36.4 Å². The average Bonchev–Trinajstić information content (AvgIpc) is 3.45. The minimum absolute atomic E-state index is 0.375. The van der Waals surface area contributed by atoms with Gasteiger partial charge in [-0.15, -0.1) is 0 Å². The Hall–Kier alpha value is -2.60. The number of carboxylic acid groups (broad SMARTS) is 1. The van der Waals surface area contributed by atoms with E-state index in [1.165, 1.54) is 25.7 Å². The molecule has 0 aliphatic heterocycles. The van der Waals surface area contributed by atoms with Gasteiger partial charge < -0.3 is 14.7 Å². The molecule has 3 aromatic rings. The summed E-state index contributed by atoms with van der Waals surface area (Å²) in [5, 5.41) is 10.5. The Morgan fingerprint density at radius 1 is 1.22 bits per heavy atom. The SMILES string of the molecule is CCC(Cc1ccc(OCC2CCCC2)c(-c2ccc3nc(N(C)C)sc3c2)c1)C(=O)O. The van der Waals surface area contributed by atoms with Gasteiger partial charge in [-0.05, 0) is 67.0 Å². The van der Waals surface area contributed by atoms with E-state index in [1.54, 1.807) is 11.3 Å². The maximum absolute atomic E-state index is 11.6. The van der Waals surface area contributed by atoms with Gasteiger partial charge in [0.2, 0.25) is 0 Å². The van der Waals surface area contributed by atoms with Gasteiger partial charge in [0.1, 0.15) is 5.75 Å². The molecule has 0 amide bonds. The molecular weight excluding hydrogens is 420 g/mol. The van der Waals surface area contributed by atoms with Crippen LogP contribution in [0.25, 0.3) is 21.3 Å². The number of carboxylic acids is 1. The molecule has 6 heteroatoms. The maximum atomic E-state index is 11.6. The van der Waals surface area contributed by atoms with Crippen LogP contribution in [0.1, 0.15) is 44.6 Å². The average molecular weight is 453 g/mol. The predicted molar refractivity (Wildman–Crippen MR) is 132 cm³/mol. The number of hydrogen-bond donors (Lipinski definition) is 1. The Balaban J connectivity index is 1.69. The van der Waals surface area contributed by atoms with Crippen LogP contribution in [0.3, 0.4) is 0 Å². The van der Waals surface area contributed by atoms with Crippen LogP contribution in [0.4, 0.5) is 5.13 Å². The summed E-state index contributed by atoms with van der Waals surface area (Å²) in [6, 6.07) is 12.5. The van der Waals surface area contributed by atoms with Gasteiger partial charge in [0.05, 0.1) is 22.7 Å². The molecule has 32 heavy (non-hydrogen) atoms. The molecular formula is C26H32N2O3S. The Morgan fingerprint density at radius 2 is 2.00 bits per heavy atom. The fraction of sp³-hybridized carbons (Fsp3) is 0.462. The minimum Gasteiger partial charge on any atom is -0.493 e. The van der Waals surface area contributed by atoms with Crippen LogP contribution in [-0.4, -0.2) is 36.8 Å². The van der Waals surface area contributed by atoms with E-state index in [9.17, 15) is 9.90 Å². The topological polar surface area (TPSA) is 62.7 Å². The number of rotatable bonds is 9. The first kappa shape index (κ1) is 22.6. The van der Waals surface area contributed by atoms with Gasteiger partial charge in [0.15, 0.2) is 5.13 Å². The molecule has 170 valence electrons. The molecule has 1 N–H and O–H groups in total. The number of hydrogen-bond acceptors (Lipinski definition) is 5. The van der Waals surface area contributed by atoms with Crippen LogP contribution in [-0.2, 0) is 11.2 Å². The molecule has 0 spiro atoms.